The van der Waals surface area contributed by atoms with Crippen molar-refractivity contribution in [2.24, 2.45) is 5.92 Å². The minimum absolute atomic E-state index is 0.0370. The van der Waals surface area contributed by atoms with E-state index in [1.165, 1.54) is 12.1 Å². The molecule has 1 atom stereocenters. The molecule has 5 nitrogen and oxygen atoms in total. The summed E-state index contributed by atoms with van der Waals surface area (Å²) in [4.78, 5) is 12.3. The number of hydrogen-bond acceptors (Lipinski definition) is 4. The first-order valence-corrected chi connectivity index (χ1v) is 9.47. The van der Waals surface area contributed by atoms with E-state index in [2.05, 4.69) is 16.9 Å². The molecule has 1 N–H and O–H groups in total. The van der Waals surface area contributed by atoms with E-state index in [0.29, 0.717) is 12.5 Å². The van der Waals surface area contributed by atoms with E-state index in [1.54, 1.807) is 12.1 Å². The van der Waals surface area contributed by atoms with Crippen molar-refractivity contribution in [3.05, 3.63) is 42.0 Å². The molecule has 1 unspecified atom stereocenters. The molecule has 1 fully saturated rings. The summed E-state index contributed by atoms with van der Waals surface area (Å²) in [5.41, 5.74) is 0.273. The average Bonchev–Trinajstić information content (AvgIpc) is 3.37. The Kier molecular flexibility index (Phi) is 4.82. The number of sulfonamides is 1. The zero-order valence-corrected chi connectivity index (χ0v) is 13.7. The highest BCUT2D eigenvalue weighted by Gasteiger charge is 2.28. The zero-order valence-electron chi connectivity index (χ0n) is 12.9. The quantitative estimate of drug-likeness (QED) is 0.641. The van der Waals surface area contributed by atoms with Gasteiger partial charge in [0.2, 0.25) is 10.0 Å². The van der Waals surface area contributed by atoms with Crippen molar-refractivity contribution < 1.29 is 17.9 Å². The molecule has 2 aliphatic rings. The first kappa shape index (κ1) is 16.2. The molecule has 23 heavy (non-hydrogen) atoms. The third kappa shape index (κ3) is 4.42. The number of carbonyl (C=O) groups excluding carboxylic acids is 1. The molecule has 0 amide bonds. The Morgan fingerprint density at radius 3 is 2.74 bits per heavy atom. The number of hydrogen-bond donors (Lipinski definition) is 1. The smallest absolute Gasteiger partial charge is 0.338 e. The van der Waals surface area contributed by atoms with E-state index < -0.39 is 16.0 Å². The van der Waals surface area contributed by atoms with Crippen LogP contribution >= 0.6 is 0 Å². The Morgan fingerprint density at radius 1 is 1.22 bits per heavy atom. The van der Waals surface area contributed by atoms with Crippen molar-refractivity contribution in [1.29, 1.82) is 0 Å². The lowest BCUT2D eigenvalue weighted by Gasteiger charge is -2.17. The topological polar surface area (TPSA) is 72.5 Å². The van der Waals surface area contributed by atoms with Gasteiger partial charge >= 0.3 is 5.97 Å². The fourth-order valence-electron chi connectivity index (χ4n) is 2.56. The van der Waals surface area contributed by atoms with Gasteiger partial charge in [-0.25, -0.2) is 17.9 Å². The molecule has 124 valence electrons. The van der Waals surface area contributed by atoms with Gasteiger partial charge in [-0.05, 0) is 56.2 Å². The summed E-state index contributed by atoms with van der Waals surface area (Å²) in [6.07, 6.45) is 8.95. The molecule has 0 heterocycles. The molecular formula is C17H21NO4S. The first-order chi connectivity index (χ1) is 11.0. The number of esters is 1. The lowest BCUT2D eigenvalue weighted by Crippen LogP contribution is -2.26. The van der Waals surface area contributed by atoms with Gasteiger partial charge in [0, 0.05) is 6.04 Å². The van der Waals surface area contributed by atoms with E-state index >= 15 is 0 Å². The third-order valence-corrected chi connectivity index (χ3v) is 5.63. The average molecular weight is 335 g/mol. The van der Waals surface area contributed by atoms with Crippen LogP contribution in [0.1, 0.15) is 42.5 Å². The van der Waals surface area contributed by atoms with Gasteiger partial charge in [-0.2, -0.15) is 0 Å². The van der Waals surface area contributed by atoms with Crippen LogP contribution in [0.4, 0.5) is 0 Å². The summed E-state index contributed by atoms with van der Waals surface area (Å²) in [7, 11) is -3.56. The van der Waals surface area contributed by atoms with Gasteiger partial charge in [0.05, 0.1) is 17.1 Å². The van der Waals surface area contributed by atoms with Crippen LogP contribution in [-0.2, 0) is 14.8 Å². The second-order valence-corrected chi connectivity index (χ2v) is 7.89. The third-order valence-electron chi connectivity index (χ3n) is 4.11. The molecule has 0 bridgehead atoms. The number of benzene rings is 1. The maximum Gasteiger partial charge on any atom is 0.338 e. The highest BCUT2D eigenvalue weighted by molar-refractivity contribution is 7.89. The molecular weight excluding hydrogens is 314 g/mol. The number of allylic oxidation sites excluding steroid dienone is 2. The van der Waals surface area contributed by atoms with Gasteiger partial charge in [-0.15, -0.1) is 0 Å². The number of carbonyl (C=O) groups is 1. The van der Waals surface area contributed by atoms with Crippen LogP contribution in [0.25, 0.3) is 0 Å². The van der Waals surface area contributed by atoms with Crippen molar-refractivity contribution in [3.8, 4) is 0 Å². The predicted octanol–water partition coefficient (Wildman–Crippen LogP) is 2.64. The van der Waals surface area contributed by atoms with Crippen LogP contribution in [0, 0.1) is 5.92 Å². The Hall–Kier alpha value is -1.66. The minimum Gasteiger partial charge on any atom is -0.462 e. The monoisotopic (exact) mass is 335 g/mol. The van der Waals surface area contributed by atoms with Gasteiger partial charge < -0.3 is 4.74 Å². The van der Waals surface area contributed by atoms with Crippen LogP contribution in [0.3, 0.4) is 0 Å². The van der Waals surface area contributed by atoms with Crippen LogP contribution < -0.4 is 4.72 Å². The van der Waals surface area contributed by atoms with Crippen LogP contribution in [0.5, 0.6) is 0 Å². The maximum absolute atomic E-state index is 12.2. The van der Waals surface area contributed by atoms with E-state index in [0.717, 1.165) is 32.1 Å². The van der Waals surface area contributed by atoms with Gasteiger partial charge in [-0.3, -0.25) is 0 Å². The summed E-state index contributed by atoms with van der Waals surface area (Å²) in [6.45, 7) is 0.375. The SMILES string of the molecule is O=C(OCC1CC=CCC1)c1cccc(S(=O)(=O)NC2CC2)c1. The first-order valence-electron chi connectivity index (χ1n) is 7.99. The Morgan fingerprint density at radius 2 is 2.04 bits per heavy atom. The Balaban J connectivity index is 1.64. The van der Waals surface area contributed by atoms with Crippen LogP contribution in [-0.4, -0.2) is 27.0 Å². The normalized spacial score (nSPS) is 21.1. The lowest BCUT2D eigenvalue weighted by atomic mass is 9.95. The van der Waals surface area contributed by atoms with Gasteiger partial charge in [0.15, 0.2) is 0 Å². The highest BCUT2D eigenvalue weighted by atomic mass is 32.2. The summed E-state index contributed by atoms with van der Waals surface area (Å²) >= 11 is 0. The Bertz CT molecular complexity index is 707. The molecule has 1 aromatic carbocycles. The standard InChI is InChI=1S/C17H21NO4S/c19-17(22-12-13-5-2-1-3-6-13)14-7-4-8-16(11-14)23(20,21)18-15-9-10-15/h1-2,4,7-8,11,13,15,18H,3,5-6,9-10,12H2. The minimum atomic E-state index is -3.56. The van der Waals surface area contributed by atoms with Gasteiger partial charge in [-0.1, -0.05) is 18.2 Å². The fraction of sp³-hybridized carbons (Fsp3) is 0.471. The van der Waals surface area contributed by atoms with E-state index in [-0.39, 0.29) is 16.5 Å². The number of nitrogens with one attached hydrogen (secondary N) is 1. The van der Waals surface area contributed by atoms with Crippen molar-refractivity contribution in [2.75, 3.05) is 6.61 Å². The molecule has 1 saturated carbocycles. The second kappa shape index (κ2) is 6.84. The molecule has 0 aromatic heterocycles. The second-order valence-electron chi connectivity index (χ2n) is 6.17. The van der Waals surface area contributed by atoms with Crippen LogP contribution in [0.15, 0.2) is 41.3 Å². The lowest BCUT2D eigenvalue weighted by molar-refractivity contribution is 0.0432. The van der Waals surface area contributed by atoms with E-state index in [4.69, 9.17) is 4.74 Å². The van der Waals surface area contributed by atoms with Gasteiger partial charge in [0.25, 0.3) is 0 Å². The summed E-state index contributed by atoms with van der Waals surface area (Å²) < 4.78 is 32.3. The van der Waals surface area contributed by atoms with Crippen LogP contribution in [0.2, 0.25) is 0 Å². The van der Waals surface area contributed by atoms with Crippen molar-refractivity contribution in [3.63, 3.8) is 0 Å². The zero-order chi connectivity index (χ0) is 16.3. The van der Waals surface area contributed by atoms with E-state index in [9.17, 15) is 13.2 Å². The molecule has 0 aliphatic heterocycles. The summed E-state index contributed by atoms with van der Waals surface area (Å²) in [5.74, 6) is -0.115. The molecule has 0 saturated heterocycles. The summed E-state index contributed by atoms with van der Waals surface area (Å²) in [5, 5.41) is 0. The molecule has 0 radical (unpaired) electrons. The predicted molar refractivity (Wildman–Crippen MR) is 86.5 cm³/mol. The molecule has 6 heteroatoms. The highest BCUT2D eigenvalue weighted by Crippen LogP contribution is 2.23. The Labute approximate surface area is 136 Å². The fourth-order valence-corrected chi connectivity index (χ4v) is 3.91. The molecule has 2 aliphatic carbocycles. The van der Waals surface area contributed by atoms with Crippen molar-refractivity contribution >= 4 is 16.0 Å². The van der Waals surface area contributed by atoms with E-state index in [1.807, 2.05) is 0 Å². The molecule has 3 rings (SSSR count). The molecule has 1 aromatic rings. The maximum atomic E-state index is 12.2. The molecule has 0 spiro atoms. The van der Waals surface area contributed by atoms with Gasteiger partial charge in [0.1, 0.15) is 0 Å². The number of ether oxygens (including phenoxy) is 1. The number of rotatable bonds is 6. The largest absolute Gasteiger partial charge is 0.462 e. The van der Waals surface area contributed by atoms with Crippen molar-refractivity contribution in [2.45, 2.75) is 43.0 Å². The van der Waals surface area contributed by atoms with Crippen molar-refractivity contribution in [1.82, 2.24) is 4.72 Å². The summed E-state index contributed by atoms with van der Waals surface area (Å²) in [6, 6.07) is 6.07.